The Balaban J connectivity index is 1.50. The molecule has 2 fully saturated rings. The molecule has 25 heavy (non-hydrogen) atoms. The number of nitrogens with zero attached hydrogens (tertiary/aromatic N) is 3. The van der Waals surface area contributed by atoms with Crippen molar-refractivity contribution in [3.8, 4) is 0 Å². The predicted octanol–water partition coefficient (Wildman–Crippen LogP) is 2.44. The van der Waals surface area contributed by atoms with E-state index in [0.29, 0.717) is 0 Å². The first-order valence-corrected chi connectivity index (χ1v) is 9.21. The summed E-state index contributed by atoms with van der Waals surface area (Å²) in [5.41, 5.74) is 1.19. The van der Waals surface area contributed by atoms with Crippen LogP contribution >= 0.6 is 0 Å². The largest absolute Gasteiger partial charge is 0.393 e. The fraction of sp³-hybridized carbons (Fsp3) is 0.550. The van der Waals surface area contributed by atoms with E-state index in [0.717, 1.165) is 51.1 Å². The molecule has 2 aromatic rings. The summed E-state index contributed by atoms with van der Waals surface area (Å²) in [6.07, 6.45) is 7.36. The van der Waals surface area contributed by atoms with Crippen molar-refractivity contribution in [2.75, 3.05) is 13.7 Å². The molecule has 1 saturated heterocycles. The lowest BCUT2D eigenvalue weighted by Gasteiger charge is -2.42. The maximum absolute atomic E-state index is 10.2. The quantitative estimate of drug-likeness (QED) is 0.907. The van der Waals surface area contributed by atoms with E-state index in [-0.39, 0.29) is 17.7 Å². The van der Waals surface area contributed by atoms with Gasteiger partial charge in [-0.25, -0.2) is 4.98 Å². The maximum Gasteiger partial charge on any atom is 0.123 e. The molecule has 0 unspecified atom stereocenters. The zero-order chi connectivity index (χ0) is 17.3. The molecule has 0 radical (unpaired) electrons. The minimum atomic E-state index is -0.210. The van der Waals surface area contributed by atoms with Crippen LogP contribution < -0.4 is 0 Å². The lowest BCUT2D eigenvalue weighted by Crippen LogP contribution is -2.51. The van der Waals surface area contributed by atoms with Crippen molar-refractivity contribution in [1.29, 1.82) is 0 Å². The van der Waals surface area contributed by atoms with Gasteiger partial charge in [0.15, 0.2) is 0 Å². The van der Waals surface area contributed by atoms with Gasteiger partial charge in [-0.15, -0.1) is 0 Å². The smallest absolute Gasteiger partial charge is 0.123 e. The van der Waals surface area contributed by atoms with Crippen LogP contribution in [0.3, 0.4) is 0 Å². The normalized spacial score (nSPS) is 29.7. The van der Waals surface area contributed by atoms with E-state index in [1.54, 1.807) is 0 Å². The Morgan fingerprint density at radius 1 is 1.24 bits per heavy atom. The van der Waals surface area contributed by atoms with Gasteiger partial charge >= 0.3 is 0 Å². The van der Waals surface area contributed by atoms with Crippen molar-refractivity contribution in [3.63, 3.8) is 0 Å². The second-order valence-electron chi connectivity index (χ2n) is 7.39. The summed E-state index contributed by atoms with van der Waals surface area (Å²) >= 11 is 0. The summed E-state index contributed by atoms with van der Waals surface area (Å²) in [5.74, 6) is 1.08. The Morgan fingerprint density at radius 2 is 2.08 bits per heavy atom. The molecule has 0 spiro atoms. The Bertz CT molecular complexity index is 702. The van der Waals surface area contributed by atoms with E-state index in [2.05, 4.69) is 44.9 Å². The Labute approximate surface area is 149 Å². The topological polar surface area (TPSA) is 50.5 Å². The van der Waals surface area contributed by atoms with Crippen LogP contribution in [-0.2, 0) is 17.8 Å². The van der Waals surface area contributed by atoms with Gasteiger partial charge in [-0.2, -0.15) is 0 Å². The van der Waals surface area contributed by atoms with Gasteiger partial charge in [0, 0.05) is 38.6 Å². The average molecular weight is 341 g/mol. The number of aliphatic hydroxyl groups excluding tert-OH is 1. The van der Waals surface area contributed by atoms with E-state index in [9.17, 15) is 5.11 Å². The van der Waals surface area contributed by atoms with Crippen molar-refractivity contribution in [1.82, 2.24) is 14.5 Å². The molecule has 0 amide bonds. The molecule has 134 valence electrons. The van der Waals surface area contributed by atoms with E-state index in [4.69, 9.17) is 4.74 Å². The van der Waals surface area contributed by atoms with Crippen LogP contribution in [0, 0.1) is 0 Å². The summed E-state index contributed by atoms with van der Waals surface area (Å²) < 4.78 is 8.17. The lowest BCUT2D eigenvalue weighted by atomic mass is 9.79. The summed E-state index contributed by atoms with van der Waals surface area (Å²) in [7, 11) is 1.82. The lowest BCUT2D eigenvalue weighted by molar-refractivity contribution is -0.0882. The number of aliphatic hydroxyl groups is 1. The van der Waals surface area contributed by atoms with Gasteiger partial charge in [-0.05, 0) is 31.2 Å². The van der Waals surface area contributed by atoms with Crippen LogP contribution in [0.4, 0.5) is 0 Å². The number of likely N-dealkylation sites (tertiary alicyclic amines) is 1. The summed E-state index contributed by atoms with van der Waals surface area (Å²) in [6, 6.07) is 10.8. The number of benzene rings is 1. The molecule has 5 nitrogen and oxygen atoms in total. The maximum atomic E-state index is 10.2. The third-order valence-electron chi connectivity index (χ3n) is 6.01. The number of imidazole rings is 1. The zero-order valence-corrected chi connectivity index (χ0v) is 14.8. The molecule has 1 aromatic carbocycles. The van der Waals surface area contributed by atoms with E-state index in [1.165, 1.54) is 5.56 Å². The number of ether oxygens (including phenoxy) is 1. The highest BCUT2D eigenvalue weighted by atomic mass is 16.5. The first-order valence-electron chi connectivity index (χ1n) is 9.21. The molecular formula is C20H27N3O2. The Morgan fingerprint density at radius 3 is 2.88 bits per heavy atom. The molecule has 0 bridgehead atoms. The van der Waals surface area contributed by atoms with Crippen LogP contribution in [0.1, 0.15) is 37.1 Å². The number of hydrogen-bond donors (Lipinski definition) is 1. The van der Waals surface area contributed by atoms with Crippen LogP contribution in [0.15, 0.2) is 42.7 Å². The Hall–Kier alpha value is -1.69. The van der Waals surface area contributed by atoms with Crippen molar-refractivity contribution in [2.45, 2.75) is 56.5 Å². The molecular weight excluding hydrogens is 314 g/mol. The molecule has 1 N–H and O–H groups in total. The molecule has 5 heteroatoms. The molecule has 4 rings (SSSR count). The highest BCUT2D eigenvalue weighted by molar-refractivity contribution is 5.16. The summed E-state index contributed by atoms with van der Waals surface area (Å²) in [5, 5.41) is 10.2. The third kappa shape index (κ3) is 3.24. The first-order chi connectivity index (χ1) is 12.2. The predicted molar refractivity (Wildman–Crippen MR) is 96.2 cm³/mol. The van der Waals surface area contributed by atoms with E-state index < -0.39 is 0 Å². The van der Waals surface area contributed by atoms with Crippen molar-refractivity contribution < 1.29 is 9.84 Å². The molecule has 2 aliphatic rings. The highest BCUT2D eigenvalue weighted by Gasteiger charge is 2.50. The van der Waals surface area contributed by atoms with E-state index >= 15 is 0 Å². The van der Waals surface area contributed by atoms with Gasteiger partial charge < -0.3 is 14.4 Å². The summed E-state index contributed by atoms with van der Waals surface area (Å²) in [4.78, 5) is 7.05. The van der Waals surface area contributed by atoms with Gasteiger partial charge in [0.25, 0.3) is 0 Å². The Kier molecular flexibility index (Phi) is 4.63. The highest BCUT2D eigenvalue weighted by Crippen LogP contribution is 2.42. The molecule has 3 atom stereocenters. The number of hydrogen-bond acceptors (Lipinski definition) is 4. The van der Waals surface area contributed by atoms with Gasteiger partial charge in [-0.1, -0.05) is 30.3 Å². The molecule has 1 aliphatic carbocycles. The van der Waals surface area contributed by atoms with Crippen LogP contribution in [0.2, 0.25) is 0 Å². The fourth-order valence-electron chi connectivity index (χ4n) is 4.56. The second-order valence-corrected chi connectivity index (χ2v) is 7.39. The zero-order valence-electron chi connectivity index (χ0n) is 14.8. The summed E-state index contributed by atoms with van der Waals surface area (Å²) in [6.45, 7) is 2.65. The van der Waals surface area contributed by atoms with Gasteiger partial charge in [0.1, 0.15) is 5.82 Å². The first kappa shape index (κ1) is 16.8. The minimum absolute atomic E-state index is 0.0872. The molecule has 2 heterocycles. The number of rotatable bonds is 5. The van der Waals surface area contributed by atoms with E-state index in [1.807, 2.05) is 19.4 Å². The number of aromatic nitrogens is 2. The van der Waals surface area contributed by atoms with Crippen molar-refractivity contribution >= 4 is 0 Å². The SMILES string of the molecule is CO[C@@]12CC[C@@H](O)C[C@@H]1N(Cc1nccn1Cc1ccccc1)CC2. The number of fused-ring (bicyclic) bond motifs is 1. The second kappa shape index (κ2) is 6.90. The van der Waals surface area contributed by atoms with Gasteiger partial charge in [0.2, 0.25) is 0 Å². The number of methoxy groups -OCH3 is 1. The van der Waals surface area contributed by atoms with Crippen LogP contribution in [0.25, 0.3) is 0 Å². The standard InChI is InChI=1S/C20H27N3O2/c1-25-20-8-7-17(24)13-18(20)22(11-9-20)15-19-21-10-12-23(19)14-16-5-3-2-4-6-16/h2-6,10,12,17-18,24H,7-9,11,13-15H2,1H3/t17-,18+,20-/m1/s1. The minimum Gasteiger partial charge on any atom is -0.393 e. The van der Waals surface area contributed by atoms with Crippen LogP contribution in [-0.4, -0.2) is 51.0 Å². The fourth-order valence-corrected chi connectivity index (χ4v) is 4.56. The monoisotopic (exact) mass is 341 g/mol. The van der Waals surface area contributed by atoms with Crippen molar-refractivity contribution in [2.24, 2.45) is 0 Å². The van der Waals surface area contributed by atoms with Gasteiger partial charge in [-0.3, -0.25) is 4.90 Å². The van der Waals surface area contributed by atoms with Crippen molar-refractivity contribution in [3.05, 3.63) is 54.1 Å². The third-order valence-corrected chi connectivity index (χ3v) is 6.01. The van der Waals surface area contributed by atoms with Crippen LogP contribution in [0.5, 0.6) is 0 Å². The molecule has 1 aromatic heterocycles. The molecule has 1 aliphatic heterocycles. The molecule has 1 saturated carbocycles. The average Bonchev–Trinajstić information content (AvgIpc) is 3.22. The van der Waals surface area contributed by atoms with Gasteiger partial charge in [0.05, 0.1) is 18.2 Å².